The lowest BCUT2D eigenvalue weighted by Crippen LogP contribution is -2.23. The SMILES string of the molecule is CCNC(=O)c1ccc(-c2cnc3c(NCCC(F)(F)F)cc(Oc4ccccc4)cn23)cc1C.Cc1cc(-c2cnc3c(NCCC(F)(F)F)cc(Oc4ccccc4)cn23)ccc1C(=O)O. The smallest absolute Gasteiger partial charge is 0.390 e. The second-order valence-electron chi connectivity index (χ2n) is 15.5. The third-order valence-corrected chi connectivity index (χ3v) is 10.4. The van der Waals surface area contributed by atoms with Crippen molar-refractivity contribution in [1.82, 2.24) is 24.1 Å². The number of nitrogens with one attached hydrogen (secondary N) is 3. The summed E-state index contributed by atoms with van der Waals surface area (Å²) >= 11 is 0. The van der Waals surface area contributed by atoms with Gasteiger partial charge in [0.05, 0.1) is 66.0 Å². The quantitative estimate of drug-likeness (QED) is 0.0739. The molecule has 4 aromatic carbocycles. The van der Waals surface area contributed by atoms with Gasteiger partial charge in [0.15, 0.2) is 11.3 Å². The van der Waals surface area contributed by atoms with E-state index in [1.807, 2.05) is 62.4 Å². The first-order valence-corrected chi connectivity index (χ1v) is 21.3. The van der Waals surface area contributed by atoms with Gasteiger partial charge in [-0.15, -0.1) is 0 Å². The summed E-state index contributed by atoms with van der Waals surface area (Å²) in [7, 11) is 0. The van der Waals surface area contributed by atoms with Gasteiger partial charge in [-0.2, -0.15) is 26.3 Å². The number of carboxylic acids is 1. The third-order valence-electron chi connectivity index (χ3n) is 10.4. The molecule has 12 nitrogen and oxygen atoms in total. The average molecular weight is 938 g/mol. The van der Waals surface area contributed by atoms with Crippen molar-refractivity contribution in [3.8, 4) is 45.5 Å². The van der Waals surface area contributed by atoms with E-state index < -0.39 is 31.2 Å². The Morgan fingerprint density at radius 3 is 1.41 bits per heavy atom. The lowest BCUT2D eigenvalue weighted by Gasteiger charge is -2.14. The molecular weight excluding hydrogens is 893 g/mol. The number of nitrogens with zero attached hydrogens (tertiary/aromatic N) is 4. The first kappa shape index (κ1) is 47.9. The number of alkyl halides is 6. The molecule has 0 aliphatic rings. The number of carbonyl (C=O) groups excluding carboxylic acids is 1. The Morgan fingerprint density at radius 2 is 1.03 bits per heavy atom. The summed E-state index contributed by atoms with van der Waals surface area (Å²) in [4.78, 5) is 32.5. The zero-order chi connectivity index (χ0) is 48.6. The van der Waals surface area contributed by atoms with Crippen LogP contribution < -0.4 is 25.4 Å². The van der Waals surface area contributed by atoms with Crippen molar-refractivity contribution in [1.29, 1.82) is 0 Å². The number of hydrogen-bond donors (Lipinski definition) is 4. The predicted molar refractivity (Wildman–Crippen MR) is 247 cm³/mol. The molecule has 0 unspecified atom stereocenters. The number of imidazole rings is 2. The molecule has 18 heteroatoms. The van der Waals surface area contributed by atoms with Crippen LogP contribution in [0.2, 0.25) is 0 Å². The highest BCUT2D eigenvalue weighted by atomic mass is 19.4. The van der Waals surface area contributed by atoms with Gasteiger partial charge < -0.3 is 30.5 Å². The van der Waals surface area contributed by atoms with Crippen LogP contribution in [0.4, 0.5) is 37.7 Å². The van der Waals surface area contributed by atoms with Crippen molar-refractivity contribution >= 4 is 34.5 Å². The molecule has 0 bridgehead atoms. The Balaban J connectivity index is 0.000000202. The number of pyridine rings is 2. The number of benzene rings is 4. The summed E-state index contributed by atoms with van der Waals surface area (Å²) in [5.74, 6) is 0.837. The number of para-hydroxylation sites is 2. The Morgan fingerprint density at radius 1 is 0.603 bits per heavy atom. The molecule has 4 aromatic heterocycles. The molecule has 352 valence electrons. The number of anilines is 2. The molecule has 0 radical (unpaired) electrons. The number of hydrogen-bond acceptors (Lipinski definition) is 8. The molecule has 8 aromatic rings. The number of carboxylic acid groups (broad SMARTS) is 1. The van der Waals surface area contributed by atoms with Crippen LogP contribution in [0, 0.1) is 13.8 Å². The predicted octanol–water partition coefficient (Wildman–Crippen LogP) is 12.4. The number of fused-ring (bicyclic) bond motifs is 2. The van der Waals surface area contributed by atoms with Crippen molar-refractivity contribution in [3.63, 3.8) is 0 Å². The first-order valence-electron chi connectivity index (χ1n) is 21.3. The van der Waals surface area contributed by atoms with E-state index in [1.165, 1.54) is 6.07 Å². The van der Waals surface area contributed by atoms with E-state index in [9.17, 15) is 41.0 Å². The zero-order valence-corrected chi connectivity index (χ0v) is 36.9. The van der Waals surface area contributed by atoms with Crippen molar-refractivity contribution < 1.29 is 50.5 Å². The van der Waals surface area contributed by atoms with E-state index in [2.05, 4.69) is 25.9 Å². The molecule has 0 saturated carbocycles. The Labute approximate surface area is 386 Å². The van der Waals surface area contributed by atoms with Gasteiger partial charge in [-0.25, -0.2) is 14.8 Å². The molecule has 4 N–H and O–H groups in total. The Kier molecular flexibility index (Phi) is 14.6. The first-order chi connectivity index (χ1) is 32.5. The van der Waals surface area contributed by atoms with Gasteiger partial charge >= 0.3 is 18.3 Å². The summed E-state index contributed by atoms with van der Waals surface area (Å²) in [5, 5.41) is 17.7. The highest BCUT2D eigenvalue weighted by Crippen LogP contribution is 2.34. The standard InChI is InChI=1S/C26H25F3N4O2.C24H20F3N3O3/c1-3-30-25(34)21-10-9-18(13-17(21)2)23-15-32-24-22(31-12-11-26(27,28)29)14-20(16-33(23)24)35-19-7-5-4-6-8-19;1-15-11-16(7-8-19(15)23(31)32)21-13-29-22-20(28-10-9-24(25,26)27)12-18(14-30(21)22)33-17-5-3-2-4-6-17/h4-10,13-16,31H,3,11-12H2,1-2H3,(H,30,34);2-8,11-14,28H,9-10H2,1H3,(H,31,32). The van der Waals surface area contributed by atoms with Crippen molar-refractivity contribution in [2.45, 2.75) is 46.0 Å². The minimum Gasteiger partial charge on any atom is -0.478 e. The normalized spacial score (nSPS) is 11.5. The third kappa shape index (κ3) is 12.1. The van der Waals surface area contributed by atoms with Gasteiger partial charge in [0, 0.05) is 48.5 Å². The maximum Gasteiger partial charge on any atom is 0.390 e. The van der Waals surface area contributed by atoms with Crippen LogP contribution in [0.15, 0.2) is 134 Å². The molecule has 1 amide bonds. The average Bonchev–Trinajstić information content (AvgIpc) is 3.92. The number of halogens is 6. The number of ether oxygens (including phenoxy) is 2. The monoisotopic (exact) mass is 937 g/mol. The minimum absolute atomic E-state index is 0.149. The molecular formula is C50H45F6N7O5. The summed E-state index contributed by atoms with van der Waals surface area (Å²) < 4.78 is 91.5. The van der Waals surface area contributed by atoms with Gasteiger partial charge in [-0.05, 0) is 80.4 Å². The second-order valence-corrected chi connectivity index (χ2v) is 15.5. The van der Waals surface area contributed by atoms with Crippen LogP contribution in [0.1, 0.15) is 51.6 Å². The van der Waals surface area contributed by atoms with E-state index in [-0.39, 0.29) is 24.6 Å². The maximum absolute atomic E-state index is 12.7. The minimum atomic E-state index is -4.29. The van der Waals surface area contributed by atoms with Crippen molar-refractivity contribution in [3.05, 3.63) is 156 Å². The van der Waals surface area contributed by atoms with Crippen LogP contribution in [-0.4, -0.2) is 67.7 Å². The van der Waals surface area contributed by atoms with Crippen LogP contribution in [0.25, 0.3) is 33.8 Å². The maximum atomic E-state index is 12.7. The van der Waals surface area contributed by atoms with Crippen molar-refractivity contribution in [2.24, 2.45) is 0 Å². The Hall–Kier alpha value is -8.02. The van der Waals surface area contributed by atoms with Crippen LogP contribution >= 0.6 is 0 Å². The largest absolute Gasteiger partial charge is 0.478 e. The number of carbonyl (C=O) groups is 2. The summed E-state index contributed by atoms with van der Waals surface area (Å²) in [6, 6.07) is 31.7. The molecule has 0 atom stereocenters. The molecule has 4 heterocycles. The van der Waals surface area contributed by atoms with E-state index >= 15 is 0 Å². The fourth-order valence-corrected chi connectivity index (χ4v) is 7.25. The molecule has 0 spiro atoms. The van der Waals surface area contributed by atoms with E-state index in [4.69, 9.17) is 9.47 Å². The Bertz CT molecular complexity index is 3050. The topological polar surface area (TPSA) is 144 Å². The molecule has 0 aliphatic heterocycles. The number of aromatic carboxylic acids is 1. The highest BCUT2D eigenvalue weighted by Gasteiger charge is 2.28. The second kappa shape index (κ2) is 20.7. The molecule has 8 rings (SSSR count). The lowest BCUT2D eigenvalue weighted by molar-refractivity contribution is -0.132. The van der Waals surface area contributed by atoms with Gasteiger partial charge in [0.25, 0.3) is 5.91 Å². The summed E-state index contributed by atoms with van der Waals surface area (Å²) in [6.07, 6.45) is -3.85. The summed E-state index contributed by atoms with van der Waals surface area (Å²) in [5.41, 5.74) is 6.71. The van der Waals surface area contributed by atoms with E-state index in [0.29, 0.717) is 80.3 Å². The summed E-state index contributed by atoms with van der Waals surface area (Å²) in [6.45, 7) is 5.33. The molecule has 0 fully saturated rings. The zero-order valence-electron chi connectivity index (χ0n) is 36.9. The number of amides is 1. The number of aryl methyl sites for hydroxylation is 2. The van der Waals surface area contributed by atoms with Crippen molar-refractivity contribution in [2.75, 3.05) is 30.3 Å². The van der Waals surface area contributed by atoms with E-state index in [0.717, 1.165) is 11.1 Å². The van der Waals surface area contributed by atoms with Gasteiger partial charge in [-0.3, -0.25) is 13.6 Å². The lowest BCUT2D eigenvalue weighted by atomic mass is 10.0. The van der Waals surface area contributed by atoms with Crippen LogP contribution in [-0.2, 0) is 0 Å². The van der Waals surface area contributed by atoms with E-state index in [1.54, 1.807) is 95.1 Å². The molecule has 0 saturated heterocycles. The van der Waals surface area contributed by atoms with Gasteiger partial charge in [0.1, 0.15) is 23.0 Å². The van der Waals surface area contributed by atoms with Crippen LogP contribution in [0.5, 0.6) is 23.0 Å². The number of aromatic nitrogens is 4. The van der Waals surface area contributed by atoms with Crippen LogP contribution in [0.3, 0.4) is 0 Å². The molecule has 68 heavy (non-hydrogen) atoms. The van der Waals surface area contributed by atoms with Gasteiger partial charge in [0.2, 0.25) is 0 Å². The fraction of sp³-hybridized carbons (Fsp3) is 0.200. The van der Waals surface area contributed by atoms with Gasteiger partial charge in [-0.1, -0.05) is 48.5 Å². The molecule has 0 aliphatic carbocycles. The highest BCUT2D eigenvalue weighted by molar-refractivity contribution is 5.96. The fourth-order valence-electron chi connectivity index (χ4n) is 7.25. The number of rotatable bonds is 15.